The normalized spacial score (nSPS) is 13.5. The van der Waals surface area contributed by atoms with Gasteiger partial charge >= 0.3 is 0 Å². The molecule has 2 heteroatoms. The summed E-state index contributed by atoms with van der Waals surface area (Å²) < 4.78 is 5.22. The summed E-state index contributed by atoms with van der Waals surface area (Å²) in [4.78, 5) is 0. The molecule has 0 saturated heterocycles. The third-order valence-corrected chi connectivity index (χ3v) is 4.04. The standard InChI is InChI=1S/C17H22O2/c1-5-17(2,3)16(18)14-7-6-13-11-15(19-4)9-8-12(13)10-14/h6-11,16,18H,5H2,1-4H3. The number of aliphatic hydroxyl groups is 1. The molecule has 0 heterocycles. The molecule has 1 atom stereocenters. The summed E-state index contributed by atoms with van der Waals surface area (Å²) in [6.07, 6.45) is 0.499. The molecule has 2 nitrogen and oxygen atoms in total. The van der Waals surface area contributed by atoms with Crippen molar-refractivity contribution in [2.24, 2.45) is 5.41 Å². The number of benzene rings is 2. The number of aliphatic hydroxyl groups excluding tert-OH is 1. The van der Waals surface area contributed by atoms with Gasteiger partial charge in [-0.15, -0.1) is 0 Å². The van der Waals surface area contributed by atoms with Crippen LogP contribution in [0.2, 0.25) is 0 Å². The first-order valence-corrected chi connectivity index (χ1v) is 6.73. The summed E-state index contributed by atoms with van der Waals surface area (Å²) in [6, 6.07) is 12.1. The first-order chi connectivity index (χ1) is 8.97. The summed E-state index contributed by atoms with van der Waals surface area (Å²) in [5, 5.41) is 12.7. The van der Waals surface area contributed by atoms with Crippen molar-refractivity contribution in [3.05, 3.63) is 42.0 Å². The van der Waals surface area contributed by atoms with E-state index in [2.05, 4.69) is 26.8 Å². The lowest BCUT2D eigenvalue weighted by molar-refractivity contribution is 0.0467. The maximum Gasteiger partial charge on any atom is 0.119 e. The second-order valence-electron chi connectivity index (χ2n) is 5.72. The number of hydrogen-bond acceptors (Lipinski definition) is 2. The van der Waals surface area contributed by atoms with Crippen LogP contribution >= 0.6 is 0 Å². The maximum atomic E-state index is 10.5. The molecule has 1 N–H and O–H groups in total. The van der Waals surface area contributed by atoms with Crippen molar-refractivity contribution in [1.29, 1.82) is 0 Å². The van der Waals surface area contributed by atoms with E-state index in [-0.39, 0.29) is 5.41 Å². The first-order valence-electron chi connectivity index (χ1n) is 6.73. The lowest BCUT2D eigenvalue weighted by Gasteiger charge is -2.29. The fourth-order valence-corrected chi connectivity index (χ4v) is 2.18. The van der Waals surface area contributed by atoms with E-state index in [1.807, 2.05) is 30.3 Å². The Morgan fingerprint density at radius 2 is 1.74 bits per heavy atom. The molecule has 2 aromatic carbocycles. The van der Waals surface area contributed by atoms with Crippen LogP contribution < -0.4 is 4.74 Å². The van der Waals surface area contributed by atoms with Crippen molar-refractivity contribution in [1.82, 2.24) is 0 Å². The molecular weight excluding hydrogens is 236 g/mol. The van der Waals surface area contributed by atoms with Crippen molar-refractivity contribution in [2.45, 2.75) is 33.3 Å². The van der Waals surface area contributed by atoms with Crippen LogP contribution in [0.15, 0.2) is 36.4 Å². The van der Waals surface area contributed by atoms with Crippen molar-refractivity contribution in [3.63, 3.8) is 0 Å². The Morgan fingerprint density at radius 3 is 2.37 bits per heavy atom. The van der Waals surface area contributed by atoms with E-state index in [4.69, 9.17) is 4.74 Å². The molecule has 19 heavy (non-hydrogen) atoms. The Hall–Kier alpha value is -1.54. The second kappa shape index (κ2) is 5.22. The van der Waals surface area contributed by atoms with Crippen LogP contribution in [0.5, 0.6) is 5.75 Å². The predicted molar refractivity (Wildman–Crippen MR) is 79.5 cm³/mol. The number of rotatable bonds is 4. The Labute approximate surface area is 115 Å². The molecule has 0 radical (unpaired) electrons. The quantitative estimate of drug-likeness (QED) is 0.885. The number of ether oxygens (including phenoxy) is 1. The van der Waals surface area contributed by atoms with Gasteiger partial charge in [-0.2, -0.15) is 0 Å². The smallest absolute Gasteiger partial charge is 0.119 e. The van der Waals surface area contributed by atoms with Crippen molar-refractivity contribution < 1.29 is 9.84 Å². The molecule has 0 aliphatic rings. The molecule has 0 fully saturated rings. The monoisotopic (exact) mass is 258 g/mol. The Bertz CT molecular complexity index is 572. The van der Waals surface area contributed by atoms with Gasteiger partial charge < -0.3 is 9.84 Å². The van der Waals surface area contributed by atoms with Gasteiger partial charge in [0.1, 0.15) is 5.75 Å². The van der Waals surface area contributed by atoms with Crippen LogP contribution in [0.25, 0.3) is 10.8 Å². The molecular formula is C17H22O2. The molecule has 0 aliphatic heterocycles. The van der Waals surface area contributed by atoms with Crippen LogP contribution in [0, 0.1) is 5.41 Å². The minimum atomic E-state index is -0.441. The van der Waals surface area contributed by atoms with Crippen LogP contribution in [0.1, 0.15) is 38.9 Å². The molecule has 0 bridgehead atoms. The summed E-state index contributed by atoms with van der Waals surface area (Å²) in [5.74, 6) is 0.856. The molecule has 0 amide bonds. The summed E-state index contributed by atoms with van der Waals surface area (Å²) in [6.45, 7) is 6.29. The number of methoxy groups -OCH3 is 1. The van der Waals surface area contributed by atoms with Crippen molar-refractivity contribution >= 4 is 10.8 Å². The molecule has 102 valence electrons. The van der Waals surface area contributed by atoms with Crippen LogP contribution in [-0.2, 0) is 0 Å². The lowest BCUT2D eigenvalue weighted by Crippen LogP contribution is -2.20. The fourth-order valence-electron chi connectivity index (χ4n) is 2.18. The van der Waals surface area contributed by atoms with Gasteiger partial charge in [-0.3, -0.25) is 0 Å². The van der Waals surface area contributed by atoms with Gasteiger partial charge in [0, 0.05) is 0 Å². The summed E-state index contributed by atoms with van der Waals surface area (Å²) >= 11 is 0. The topological polar surface area (TPSA) is 29.5 Å². The zero-order chi connectivity index (χ0) is 14.0. The van der Waals surface area contributed by atoms with Crippen molar-refractivity contribution in [2.75, 3.05) is 7.11 Å². The minimum absolute atomic E-state index is 0.111. The van der Waals surface area contributed by atoms with Gasteiger partial charge in [0.15, 0.2) is 0 Å². The molecule has 2 rings (SSSR count). The van der Waals surface area contributed by atoms with Gasteiger partial charge in [0.25, 0.3) is 0 Å². The van der Waals surface area contributed by atoms with E-state index in [0.717, 1.165) is 28.5 Å². The van der Waals surface area contributed by atoms with E-state index in [0.29, 0.717) is 0 Å². The van der Waals surface area contributed by atoms with E-state index in [1.54, 1.807) is 7.11 Å². The van der Waals surface area contributed by atoms with Gasteiger partial charge in [-0.25, -0.2) is 0 Å². The van der Waals surface area contributed by atoms with Gasteiger partial charge in [-0.05, 0) is 46.4 Å². The highest BCUT2D eigenvalue weighted by Crippen LogP contribution is 2.37. The van der Waals surface area contributed by atoms with Crippen LogP contribution in [0.3, 0.4) is 0 Å². The second-order valence-corrected chi connectivity index (χ2v) is 5.72. The number of hydrogen-bond donors (Lipinski definition) is 1. The highest BCUT2D eigenvalue weighted by atomic mass is 16.5. The van der Waals surface area contributed by atoms with E-state index >= 15 is 0 Å². The SMILES string of the molecule is CCC(C)(C)C(O)c1ccc2cc(OC)ccc2c1. The summed E-state index contributed by atoms with van der Waals surface area (Å²) in [7, 11) is 1.67. The molecule has 0 aromatic heterocycles. The number of fused-ring (bicyclic) bond motifs is 1. The average molecular weight is 258 g/mol. The van der Waals surface area contributed by atoms with Crippen molar-refractivity contribution in [3.8, 4) is 5.75 Å². The van der Waals surface area contributed by atoms with Gasteiger partial charge in [0.05, 0.1) is 13.2 Å². The maximum absolute atomic E-state index is 10.5. The first kappa shape index (κ1) is 13.9. The van der Waals surface area contributed by atoms with Crippen LogP contribution in [0.4, 0.5) is 0 Å². The fraction of sp³-hybridized carbons (Fsp3) is 0.412. The largest absolute Gasteiger partial charge is 0.497 e. The predicted octanol–water partition coefficient (Wildman–Crippen LogP) is 4.32. The molecule has 0 aliphatic carbocycles. The zero-order valence-corrected chi connectivity index (χ0v) is 12.1. The third-order valence-electron chi connectivity index (χ3n) is 4.04. The highest BCUT2D eigenvalue weighted by Gasteiger charge is 2.27. The highest BCUT2D eigenvalue weighted by molar-refractivity contribution is 5.84. The Morgan fingerprint density at radius 1 is 1.11 bits per heavy atom. The van der Waals surface area contributed by atoms with E-state index in [1.165, 1.54) is 0 Å². The average Bonchev–Trinajstić information content (AvgIpc) is 2.45. The minimum Gasteiger partial charge on any atom is -0.497 e. The zero-order valence-electron chi connectivity index (χ0n) is 12.1. The molecule has 0 saturated carbocycles. The van der Waals surface area contributed by atoms with E-state index < -0.39 is 6.10 Å². The molecule has 1 unspecified atom stereocenters. The third kappa shape index (κ3) is 2.74. The van der Waals surface area contributed by atoms with Gasteiger partial charge in [-0.1, -0.05) is 39.0 Å². The van der Waals surface area contributed by atoms with E-state index in [9.17, 15) is 5.11 Å². The molecule has 0 spiro atoms. The summed E-state index contributed by atoms with van der Waals surface area (Å²) in [5.41, 5.74) is 0.865. The Balaban J connectivity index is 2.42. The van der Waals surface area contributed by atoms with Crippen LogP contribution in [-0.4, -0.2) is 12.2 Å². The Kier molecular flexibility index (Phi) is 3.81. The van der Waals surface area contributed by atoms with Gasteiger partial charge in [0.2, 0.25) is 0 Å². The lowest BCUT2D eigenvalue weighted by atomic mass is 9.80. The molecule has 2 aromatic rings.